The molecular formula is C18H26N6O4S. The highest BCUT2D eigenvalue weighted by Crippen LogP contribution is 2.28. The number of anilines is 1. The van der Waals surface area contributed by atoms with Crippen LogP contribution in [0.1, 0.15) is 25.7 Å². The molecule has 3 atom stereocenters. The Labute approximate surface area is 170 Å². The molecule has 3 amide bonds. The van der Waals surface area contributed by atoms with E-state index >= 15 is 0 Å². The molecule has 2 N–H and O–H groups in total. The third-order valence-corrected chi connectivity index (χ3v) is 8.19. The van der Waals surface area contributed by atoms with Gasteiger partial charge in [-0.2, -0.15) is 0 Å². The minimum atomic E-state index is -3.21. The summed E-state index contributed by atoms with van der Waals surface area (Å²) in [5, 5.41) is 4.83. The van der Waals surface area contributed by atoms with E-state index in [9.17, 15) is 18.0 Å². The second kappa shape index (κ2) is 8.13. The maximum absolute atomic E-state index is 12.5. The van der Waals surface area contributed by atoms with E-state index in [2.05, 4.69) is 25.5 Å². The number of aromatic nitrogens is 2. The summed E-state index contributed by atoms with van der Waals surface area (Å²) < 4.78 is 24.6. The lowest BCUT2D eigenvalue weighted by atomic mass is 10.0. The number of nitrogens with zero attached hydrogens (tertiary/aromatic N) is 4. The highest BCUT2D eigenvalue weighted by Gasteiger charge is 2.51. The molecule has 11 heteroatoms. The summed E-state index contributed by atoms with van der Waals surface area (Å²) in [4.78, 5) is 36.3. The average Bonchev–Trinajstić information content (AvgIpc) is 3.17. The number of fused-ring (bicyclic) bond motifs is 1. The van der Waals surface area contributed by atoms with E-state index in [0.29, 0.717) is 57.8 Å². The van der Waals surface area contributed by atoms with Crippen LogP contribution in [0.15, 0.2) is 18.5 Å². The van der Waals surface area contributed by atoms with E-state index < -0.39 is 15.1 Å². The number of urea groups is 1. The van der Waals surface area contributed by atoms with E-state index in [1.54, 1.807) is 18.5 Å². The van der Waals surface area contributed by atoms with Crippen molar-refractivity contribution in [2.45, 2.75) is 43.0 Å². The monoisotopic (exact) mass is 422 g/mol. The van der Waals surface area contributed by atoms with Gasteiger partial charge in [-0.25, -0.2) is 23.2 Å². The van der Waals surface area contributed by atoms with Crippen molar-refractivity contribution in [3.8, 4) is 0 Å². The molecule has 3 saturated heterocycles. The number of piperazine rings is 1. The maximum Gasteiger partial charge on any atom is 0.315 e. The summed E-state index contributed by atoms with van der Waals surface area (Å²) >= 11 is 0. The molecule has 0 aliphatic carbocycles. The highest BCUT2D eigenvalue weighted by atomic mass is 32.2. The van der Waals surface area contributed by atoms with Gasteiger partial charge in [0.2, 0.25) is 11.9 Å². The Hall–Kier alpha value is -2.43. The van der Waals surface area contributed by atoms with E-state index in [-0.39, 0.29) is 29.8 Å². The Kier molecular flexibility index (Phi) is 5.57. The number of carbonyl (C=O) groups excluding carboxylic acids is 2. The van der Waals surface area contributed by atoms with Crippen LogP contribution in [0.2, 0.25) is 0 Å². The number of hydrogen-bond donors (Lipinski definition) is 2. The molecule has 0 aromatic carbocycles. The van der Waals surface area contributed by atoms with Crippen molar-refractivity contribution < 1.29 is 18.0 Å². The Morgan fingerprint density at radius 3 is 2.55 bits per heavy atom. The van der Waals surface area contributed by atoms with Gasteiger partial charge in [-0.1, -0.05) is 6.42 Å². The third kappa shape index (κ3) is 4.29. The van der Waals surface area contributed by atoms with Crippen LogP contribution in [0.25, 0.3) is 0 Å². The van der Waals surface area contributed by atoms with Crippen LogP contribution in [0.3, 0.4) is 0 Å². The lowest BCUT2D eigenvalue weighted by Crippen LogP contribution is -2.49. The number of hydrogen-bond acceptors (Lipinski definition) is 7. The fourth-order valence-corrected chi connectivity index (χ4v) is 6.66. The Balaban J connectivity index is 1.19. The molecule has 0 radical (unpaired) electrons. The number of unbranched alkanes of at least 4 members (excludes halogenated alkanes) is 1. The predicted molar refractivity (Wildman–Crippen MR) is 106 cm³/mol. The summed E-state index contributed by atoms with van der Waals surface area (Å²) in [6, 6.07) is 0.799. The fraction of sp³-hybridized carbons (Fsp3) is 0.667. The van der Waals surface area contributed by atoms with Crippen molar-refractivity contribution in [2.24, 2.45) is 0 Å². The zero-order chi connectivity index (χ0) is 20.4. The number of amides is 3. The van der Waals surface area contributed by atoms with Gasteiger partial charge in [0.15, 0.2) is 9.84 Å². The largest absolute Gasteiger partial charge is 0.339 e. The molecule has 3 aliphatic rings. The molecule has 3 aliphatic heterocycles. The molecule has 10 nitrogen and oxygen atoms in total. The predicted octanol–water partition coefficient (Wildman–Crippen LogP) is -0.467. The van der Waals surface area contributed by atoms with Gasteiger partial charge in [0.05, 0.1) is 23.1 Å². The lowest BCUT2D eigenvalue weighted by molar-refractivity contribution is -0.131. The van der Waals surface area contributed by atoms with Crippen LogP contribution in [-0.4, -0.2) is 84.5 Å². The molecular weight excluding hydrogens is 396 g/mol. The normalized spacial score (nSPS) is 28.0. The average molecular weight is 423 g/mol. The molecule has 4 heterocycles. The standard InChI is InChI=1S/C18H26N6O4S/c25-15(23-8-10-24(11-9-23)17-19-6-3-7-20-17)5-2-1-4-14-16-13(12-29(14,27)28)21-18(26)22-16/h3,6-7,13-14,16H,1-2,4-5,8-12H2,(H2,21,22,26). The van der Waals surface area contributed by atoms with Gasteiger partial charge >= 0.3 is 6.03 Å². The molecule has 3 unspecified atom stereocenters. The van der Waals surface area contributed by atoms with Crippen molar-refractivity contribution in [3.63, 3.8) is 0 Å². The van der Waals surface area contributed by atoms with Crippen LogP contribution in [-0.2, 0) is 14.6 Å². The van der Waals surface area contributed by atoms with E-state index in [1.165, 1.54) is 0 Å². The molecule has 3 fully saturated rings. The summed E-state index contributed by atoms with van der Waals surface area (Å²) in [5.41, 5.74) is 0. The first-order chi connectivity index (χ1) is 13.9. The summed E-state index contributed by atoms with van der Waals surface area (Å²) in [6.07, 6.45) is 5.59. The fourth-order valence-electron chi connectivity index (χ4n) is 4.40. The molecule has 1 aromatic heterocycles. The molecule has 0 saturated carbocycles. The van der Waals surface area contributed by atoms with Gasteiger partial charge in [0.1, 0.15) is 0 Å². The number of carbonyl (C=O) groups is 2. The number of rotatable bonds is 6. The lowest BCUT2D eigenvalue weighted by Gasteiger charge is -2.34. The molecule has 158 valence electrons. The van der Waals surface area contributed by atoms with Crippen molar-refractivity contribution >= 4 is 27.7 Å². The van der Waals surface area contributed by atoms with Crippen molar-refractivity contribution in [1.29, 1.82) is 0 Å². The maximum atomic E-state index is 12.5. The first-order valence-corrected chi connectivity index (χ1v) is 11.7. The molecule has 0 bridgehead atoms. The number of nitrogens with one attached hydrogen (secondary N) is 2. The van der Waals surface area contributed by atoms with Gasteiger partial charge in [0, 0.05) is 45.0 Å². The first-order valence-electron chi connectivity index (χ1n) is 10.0. The zero-order valence-corrected chi connectivity index (χ0v) is 17.0. The minimum absolute atomic E-state index is 0.00455. The van der Waals surface area contributed by atoms with Gasteiger partial charge < -0.3 is 20.4 Å². The van der Waals surface area contributed by atoms with E-state index in [4.69, 9.17) is 0 Å². The van der Waals surface area contributed by atoms with Crippen LogP contribution >= 0.6 is 0 Å². The van der Waals surface area contributed by atoms with Gasteiger partial charge in [-0.05, 0) is 18.9 Å². The third-order valence-electron chi connectivity index (χ3n) is 5.92. The quantitative estimate of drug-likeness (QED) is 0.469. The second-order valence-corrected chi connectivity index (χ2v) is 10.0. The van der Waals surface area contributed by atoms with E-state index in [0.717, 1.165) is 0 Å². The van der Waals surface area contributed by atoms with Gasteiger partial charge in [0.25, 0.3) is 0 Å². The van der Waals surface area contributed by atoms with Crippen LogP contribution < -0.4 is 15.5 Å². The summed E-state index contributed by atoms with van der Waals surface area (Å²) in [7, 11) is -3.21. The first kappa shape index (κ1) is 19.9. The van der Waals surface area contributed by atoms with Gasteiger partial charge in [-0.15, -0.1) is 0 Å². The summed E-state index contributed by atoms with van der Waals surface area (Å²) in [5.74, 6) is 0.779. The number of sulfone groups is 1. The molecule has 0 spiro atoms. The Morgan fingerprint density at radius 1 is 1.10 bits per heavy atom. The van der Waals surface area contributed by atoms with E-state index in [1.807, 2.05) is 4.90 Å². The molecule has 1 aromatic rings. The van der Waals surface area contributed by atoms with Crippen LogP contribution in [0.5, 0.6) is 0 Å². The Bertz CT molecular complexity index is 856. The van der Waals surface area contributed by atoms with Crippen LogP contribution in [0.4, 0.5) is 10.7 Å². The van der Waals surface area contributed by atoms with Crippen LogP contribution in [0, 0.1) is 0 Å². The van der Waals surface area contributed by atoms with Crippen molar-refractivity contribution in [2.75, 3.05) is 36.8 Å². The van der Waals surface area contributed by atoms with Crippen molar-refractivity contribution in [1.82, 2.24) is 25.5 Å². The van der Waals surface area contributed by atoms with Gasteiger partial charge in [-0.3, -0.25) is 4.79 Å². The summed E-state index contributed by atoms with van der Waals surface area (Å²) in [6.45, 7) is 2.67. The topological polar surface area (TPSA) is 125 Å². The minimum Gasteiger partial charge on any atom is -0.339 e. The molecule has 4 rings (SSSR count). The second-order valence-electron chi connectivity index (χ2n) is 7.78. The van der Waals surface area contributed by atoms with Crippen molar-refractivity contribution in [3.05, 3.63) is 18.5 Å². The SMILES string of the molecule is O=C1NC2CS(=O)(=O)C(CCCCC(=O)N3CCN(c4ncccn4)CC3)C2N1. The highest BCUT2D eigenvalue weighted by molar-refractivity contribution is 7.92. The smallest absolute Gasteiger partial charge is 0.315 e. The molecule has 29 heavy (non-hydrogen) atoms. The Morgan fingerprint density at radius 2 is 1.83 bits per heavy atom. The zero-order valence-electron chi connectivity index (χ0n) is 16.2.